The summed E-state index contributed by atoms with van der Waals surface area (Å²) in [5, 5.41) is 9.08. The molecule has 1 aliphatic heterocycles. The predicted molar refractivity (Wildman–Crippen MR) is 78.2 cm³/mol. The fourth-order valence-electron chi connectivity index (χ4n) is 2.68. The van der Waals surface area contributed by atoms with Crippen molar-refractivity contribution in [3.63, 3.8) is 0 Å². The molecule has 21 heavy (non-hydrogen) atoms. The van der Waals surface area contributed by atoms with E-state index in [1.54, 1.807) is 4.90 Å². The zero-order valence-corrected chi connectivity index (χ0v) is 12.4. The third kappa shape index (κ3) is 3.97. The first-order valence-electron chi connectivity index (χ1n) is 7.17. The Hall–Kier alpha value is -2.04. The molecule has 0 bridgehead atoms. The molecular weight excluding hydrogens is 270 g/mol. The van der Waals surface area contributed by atoms with Gasteiger partial charge in [0.2, 0.25) is 0 Å². The Balaban J connectivity index is 1.86. The molecule has 2 unspecified atom stereocenters. The van der Waals surface area contributed by atoms with Gasteiger partial charge >= 0.3 is 5.97 Å². The molecule has 1 saturated heterocycles. The van der Waals surface area contributed by atoms with Crippen molar-refractivity contribution in [2.75, 3.05) is 19.7 Å². The van der Waals surface area contributed by atoms with E-state index in [1.807, 2.05) is 38.1 Å². The van der Waals surface area contributed by atoms with Crippen molar-refractivity contribution in [1.82, 2.24) is 4.90 Å². The number of carboxylic acid groups (broad SMARTS) is 1. The van der Waals surface area contributed by atoms with E-state index in [2.05, 4.69) is 0 Å². The van der Waals surface area contributed by atoms with Gasteiger partial charge in [-0.3, -0.25) is 9.59 Å². The Bertz CT molecular complexity index is 529. The van der Waals surface area contributed by atoms with Crippen molar-refractivity contribution in [3.8, 4) is 5.75 Å². The molecule has 0 saturated carbocycles. The van der Waals surface area contributed by atoms with E-state index >= 15 is 0 Å². The zero-order valence-electron chi connectivity index (χ0n) is 12.4. The number of hydrogen-bond donors (Lipinski definition) is 1. The maximum atomic E-state index is 12.1. The van der Waals surface area contributed by atoms with Gasteiger partial charge in [0.25, 0.3) is 5.91 Å². The maximum Gasteiger partial charge on any atom is 0.306 e. The number of ether oxygens (including phenoxy) is 1. The van der Waals surface area contributed by atoms with Crippen LogP contribution in [0.15, 0.2) is 24.3 Å². The van der Waals surface area contributed by atoms with E-state index in [-0.39, 0.29) is 24.3 Å². The number of rotatable bonds is 4. The van der Waals surface area contributed by atoms with Crippen LogP contribution in [0.25, 0.3) is 0 Å². The van der Waals surface area contributed by atoms with E-state index in [0.717, 1.165) is 5.56 Å². The van der Waals surface area contributed by atoms with Gasteiger partial charge in [-0.1, -0.05) is 19.1 Å². The van der Waals surface area contributed by atoms with Gasteiger partial charge < -0.3 is 14.7 Å². The van der Waals surface area contributed by atoms with E-state index in [4.69, 9.17) is 9.84 Å². The van der Waals surface area contributed by atoms with Crippen LogP contribution in [0, 0.1) is 18.8 Å². The summed E-state index contributed by atoms with van der Waals surface area (Å²) in [7, 11) is 0. The van der Waals surface area contributed by atoms with Gasteiger partial charge in [0.1, 0.15) is 5.75 Å². The number of carboxylic acids is 1. The summed E-state index contributed by atoms with van der Waals surface area (Å²) in [6.07, 6.45) is 0.507. The van der Waals surface area contributed by atoms with Gasteiger partial charge in [0.15, 0.2) is 6.61 Å². The molecule has 1 aromatic carbocycles. The molecule has 0 spiro atoms. The molecule has 1 N–H and O–H groups in total. The standard InChI is InChI=1S/C16H21NO4/c1-11-4-3-5-13(8-11)21-10-15(18)17-7-6-14(16(19)20)12(2)9-17/h3-5,8,12,14H,6-7,9-10H2,1-2H3,(H,19,20). The molecule has 1 aliphatic rings. The Morgan fingerprint density at radius 2 is 2.19 bits per heavy atom. The summed E-state index contributed by atoms with van der Waals surface area (Å²) < 4.78 is 5.50. The summed E-state index contributed by atoms with van der Waals surface area (Å²) in [6.45, 7) is 4.80. The molecule has 0 aromatic heterocycles. The lowest BCUT2D eigenvalue weighted by Gasteiger charge is -2.34. The number of aliphatic carboxylic acids is 1. The van der Waals surface area contributed by atoms with Gasteiger partial charge in [0, 0.05) is 13.1 Å². The largest absolute Gasteiger partial charge is 0.484 e. The van der Waals surface area contributed by atoms with Crippen LogP contribution in [0.4, 0.5) is 0 Å². The van der Waals surface area contributed by atoms with Crippen LogP contribution in [0.1, 0.15) is 18.9 Å². The first-order chi connectivity index (χ1) is 9.97. The van der Waals surface area contributed by atoms with Crippen molar-refractivity contribution < 1.29 is 19.4 Å². The molecule has 1 fully saturated rings. The fourth-order valence-corrected chi connectivity index (χ4v) is 2.68. The smallest absolute Gasteiger partial charge is 0.306 e. The molecule has 1 aromatic rings. The van der Waals surface area contributed by atoms with Crippen molar-refractivity contribution >= 4 is 11.9 Å². The highest BCUT2D eigenvalue weighted by Gasteiger charge is 2.32. The number of likely N-dealkylation sites (tertiary alicyclic amines) is 1. The molecule has 0 radical (unpaired) electrons. The van der Waals surface area contributed by atoms with Gasteiger partial charge in [-0.05, 0) is 37.0 Å². The van der Waals surface area contributed by atoms with Crippen molar-refractivity contribution in [3.05, 3.63) is 29.8 Å². The van der Waals surface area contributed by atoms with Gasteiger partial charge in [-0.25, -0.2) is 0 Å². The predicted octanol–water partition coefficient (Wildman–Crippen LogP) is 1.94. The number of piperidine rings is 1. The second-order valence-corrected chi connectivity index (χ2v) is 5.66. The lowest BCUT2D eigenvalue weighted by atomic mass is 9.87. The molecule has 1 amide bonds. The minimum absolute atomic E-state index is 0.00604. The number of carbonyl (C=O) groups is 2. The summed E-state index contributed by atoms with van der Waals surface area (Å²) in [5.41, 5.74) is 1.08. The monoisotopic (exact) mass is 291 g/mol. The van der Waals surface area contributed by atoms with Crippen molar-refractivity contribution in [2.24, 2.45) is 11.8 Å². The number of carbonyl (C=O) groups excluding carboxylic acids is 1. The summed E-state index contributed by atoms with van der Waals surface area (Å²) >= 11 is 0. The quantitative estimate of drug-likeness (QED) is 0.920. The minimum Gasteiger partial charge on any atom is -0.484 e. The number of aryl methyl sites for hydroxylation is 1. The molecule has 5 heteroatoms. The highest BCUT2D eigenvalue weighted by molar-refractivity contribution is 5.78. The molecule has 2 atom stereocenters. The van der Waals surface area contributed by atoms with Crippen LogP contribution in [0.2, 0.25) is 0 Å². The first-order valence-corrected chi connectivity index (χ1v) is 7.17. The molecule has 1 heterocycles. The van der Waals surface area contributed by atoms with Gasteiger partial charge in [-0.15, -0.1) is 0 Å². The number of hydrogen-bond acceptors (Lipinski definition) is 3. The Kier molecular flexibility index (Phi) is 4.83. The lowest BCUT2D eigenvalue weighted by molar-refractivity contribution is -0.148. The lowest BCUT2D eigenvalue weighted by Crippen LogP contribution is -2.46. The fraction of sp³-hybridized carbons (Fsp3) is 0.500. The van der Waals surface area contributed by atoms with Crippen molar-refractivity contribution in [2.45, 2.75) is 20.3 Å². The normalized spacial score (nSPS) is 21.9. The molecule has 5 nitrogen and oxygen atoms in total. The van der Waals surface area contributed by atoms with Crippen LogP contribution in [-0.4, -0.2) is 41.6 Å². The van der Waals surface area contributed by atoms with E-state index in [1.165, 1.54) is 0 Å². The zero-order chi connectivity index (χ0) is 15.4. The number of benzene rings is 1. The topological polar surface area (TPSA) is 66.8 Å². The first kappa shape index (κ1) is 15.4. The highest BCUT2D eigenvalue weighted by Crippen LogP contribution is 2.23. The SMILES string of the molecule is Cc1cccc(OCC(=O)N2CCC(C(=O)O)C(C)C2)c1. The summed E-state index contributed by atoms with van der Waals surface area (Å²) in [5.74, 6) is -0.569. The van der Waals surface area contributed by atoms with E-state index in [9.17, 15) is 9.59 Å². The second kappa shape index (κ2) is 6.61. The van der Waals surface area contributed by atoms with Crippen molar-refractivity contribution in [1.29, 1.82) is 0 Å². The van der Waals surface area contributed by atoms with Gasteiger partial charge in [-0.2, -0.15) is 0 Å². The van der Waals surface area contributed by atoms with Crippen LogP contribution in [0.3, 0.4) is 0 Å². The second-order valence-electron chi connectivity index (χ2n) is 5.66. The van der Waals surface area contributed by atoms with Gasteiger partial charge in [0.05, 0.1) is 5.92 Å². The van der Waals surface area contributed by atoms with Crippen LogP contribution in [0.5, 0.6) is 5.75 Å². The minimum atomic E-state index is -0.773. The highest BCUT2D eigenvalue weighted by atomic mass is 16.5. The summed E-state index contributed by atoms with van der Waals surface area (Å²) in [4.78, 5) is 24.9. The average Bonchev–Trinajstić information content (AvgIpc) is 2.44. The number of nitrogens with zero attached hydrogens (tertiary/aromatic N) is 1. The average molecular weight is 291 g/mol. The molecular formula is C16H21NO4. The molecule has 2 rings (SSSR count). The molecule has 0 aliphatic carbocycles. The van der Waals surface area contributed by atoms with Crippen LogP contribution < -0.4 is 4.74 Å². The van der Waals surface area contributed by atoms with Crippen LogP contribution >= 0.6 is 0 Å². The Morgan fingerprint density at radius 1 is 1.43 bits per heavy atom. The van der Waals surface area contributed by atoms with Crippen LogP contribution in [-0.2, 0) is 9.59 Å². The molecule has 114 valence electrons. The van der Waals surface area contributed by atoms with E-state index in [0.29, 0.717) is 25.3 Å². The third-order valence-corrected chi connectivity index (χ3v) is 3.93. The Morgan fingerprint density at radius 3 is 2.81 bits per heavy atom. The van der Waals surface area contributed by atoms with E-state index < -0.39 is 5.97 Å². The number of amides is 1. The Labute approximate surface area is 124 Å². The summed E-state index contributed by atoms with van der Waals surface area (Å²) in [6, 6.07) is 7.55. The maximum absolute atomic E-state index is 12.1. The third-order valence-electron chi connectivity index (χ3n) is 3.93.